The van der Waals surface area contributed by atoms with Crippen LogP contribution >= 0.6 is 12.2 Å². The van der Waals surface area contributed by atoms with Crippen LogP contribution in [0.25, 0.3) is 10.9 Å². The second kappa shape index (κ2) is 9.67. The molecule has 0 saturated carbocycles. The minimum Gasteiger partial charge on any atom is -0.383 e. The van der Waals surface area contributed by atoms with Crippen molar-refractivity contribution in [2.75, 3.05) is 20.3 Å². The smallest absolute Gasteiger partial charge is 0.253 e. The molecule has 2 aromatic carbocycles. The number of nitrogens with zero attached hydrogens (tertiary/aromatic N) is 1. The molecule has 0 aliphatic heterocycles. The minimum atomic E-state index is -0.0813. The summed E-state index contributed by atoms with van der Waals surface area (Å²) in [7, 11) is 1.66. The number of hydrogen-bond acceptors (Lipinski definition) is 3. The first kappa shape index (κ1) is 21.0. The van der Waals surface area contributed by atoms with Gasteiger partial charge in [-0.05, 0) is 54.7 Å². The number of aromatic amines is 1. The highest BCUT2D eigenvalue weighted by atomic mass is 32.1. The van der Waals surface area contributed by atoms with Gasteiger partial charge in [0.1, 0.15) is 0 Å². The van der Waals surface area contributed by atoms with Crippen molar-refractivity contribution in [1.29, 1.82) is 0 Å². The summed E-state index contributed by atoms with van der Waals surface area (Å²) in [6.07, 6.45) is 0. The van der Waals surface area contributed by atoms with Crippen molar-refractivity contribution in [1.82, 2.24) is 15.2 Å². The molecule has 0 unspecified atom stereocenters. The first-order valence-corrected chi connectivity index (χ1v) is 10.1. The highest BCUT2D eigenvalue weighted by Gasteiger charge is 2.14. The molecular weight excluding hydrogens is 382 g/mol. The van der Waals surface area contributed by atoms with E-state index in [0.29, 0.717) is 36.9 Å². The molecule has 5 nitrogen and oxygen atoms in total. The van der Waals surface area contributed by atoms with Crippen LogP contribution in [0.5, 0.6) is 0 Å². The Morgan fingerprint density at radius 3 is 2.62 bits per heavy atom. The van der Waals surface area contributed by atoms with Gasteiger partial charge in [0.05, 0.1) is 18.7 Å². The molecule has 0 aliphatic rings. The fraction of sp³-hybridized carbons (Fsp3) is 0.304. The van der Waals surface area contributed by atoms with Crippen molar-refractivity contribution in [3.05, 3.63) is 81.1 Å². The molecule has 0 amide bonds. The van der Waals surface area contributed by atoms with Crippen molar-refractivity contribution in [3.63, 3.8) is 0 Å². The predicted octanol–water partition coefficient (Wildman–Crippen LogP) is 3.67. The zero-order chi connectivity index (χ0) is 20.8. The molecular formula is C23H27N3O2S. The summed E-state index contributed by atoms with van der Waals surface area (Å²) in [5.41, 5.74) is 4.87. The fourth-order valence-electron chi connectivity index (χ4n) is 3.43. The van der Waals surface area contributed by atoms with E-state index in [0.717, 1.165) is 22.0 Å². The Kier molecular flexibility index (Phi) is 7.01. The number of hydrogen-bond donors (Lipinski definition) is 2. The molecule has 1 heterocycles. The summed E-state index contributed by atoms with van der Waals surface area (Å²) in [6.45, 7) is 6.30. The standard InChI is InChI=1S/C23H27N3O2S/c1-16-11-17(2)21-19(12-16)13-20(22(27)25-21)15-26(23(29)24-9-10-28-3)14-18-7-5-4-6-8-18/h4-8,11-13H,9-10,14-15H2,1-3H3,(H,24,29)(H,25,27). The fourth-order valence-corrected chi connectivity index (χ4v) is 3.66. The van der Waals surface area contributed by atoms with Crippen LogP contribution < -0.4 is 10.9 Å². The second-order valence-corrected chi connectivity index (χ2v) is 7.62. The van der Waals surface area contributed by atoms with Gasteiger partial charge in [-0.1, -0.05) is 42.0 Å². The molecule has 29 heavy (non-hydrogen) atoms. The number of methoxy groups -OCH3 is 1. The molecule has 1 aromatic heterocycles. The Morgan fingerprint density at radius 1 is 1.14 bits per heavy atom. The van der Waals surface area contributed by atoms with Crippen LogP contribution in [0, 0.1) is 13.8 Å². The number of pyridine rings is 1. The van der Waals surface area contributed by atoms with Gasteiger partial charge in [-0.2, -0.15) is 0 Å². The Labute approximate surface area is 176 Å². The average Bonchev–Trinajstić information content (AvgIpc) is 2.69. The molecule has 2 N–H and O–H groups in total. The monoisotopic (exact) mass is 409 g/mol. The number of nitrogens with one attached hydrogen (secondary N) is 2. The van der Waals surface area contributed by atoms with Crippen LogP contribution in [0.4, 0.5) is 0 Å². The van der Waals surface area contributed by atoms with Gasteiger partial charge >= 0.3 is 0 Å². The van der Waals surface area contributed by atoms with E-state index in [4.69, 9.17) is 17.0 Å². The maximum atomic E-state index is 12.8. The van der Waals surface area contributed by atoms with Crippen molar-refractivity contribution in [2.24, 2.45) is 0 Å². The Balaban J connectivity index is 1.90. The molecule has 3 rings (SSSR count). The maximum Gasteiger partial charge on any atom is 0.253 e. The highest BCUT2D eigenvalue weighted by Crippen LogP contribution is 2.19. The predicted molar refractivity (Wildman–Crippen MR) is 122 cm³/mol. The number of benzene rings is 2. The molecule has 0 bridgehead atoms. The van der Waals surface area contributed by atoms with Crippen LogP contribution in [-0.2, 0) is 17.8 Å². The van der Waals surface area contributed by atoms with Crippen LogP contribution in [0.1, 0.15) is 22.3 Å². The summed E-state index contributed by atoms with van der Waals surface area (Å²) in [6, 6.07) is 16.3. The van der Waals surface area contributed by atoms with Gasteiger partial charge in [0.15, 0.2) is 5.11 Å². The van der Waals surface area contributed by atoms with E-state index in [9.17, 15) is 4.79 Å². The van der Waals surface area contributed by atoms with Crippen molar-refractivity contribution >= 4 is 28.2 Å². The highest BCUT2D eigenvalue weighted by molar-refractivity contribution is 7.80. The van der Waals surface area contributed by atoms with Gasteiger partial charge in [-0.25, -0.2) is 0 Å². The SMILES string of the molecule is COCCNC(=S)N(Cc1ccccc1)Cc1cc2cc(C)cc(C)c2[nH]c1=O. The van der Waals surface area contributed by atoms with Gasteiger partial charge in [0.2, 0.25) is 0 Å². The Morgan fingerprint density at radius 2 is 1.90 bits per heavy atom. The average molecular weight is 410 g/mol. The third-order valence-electron chi connectivity index (χ3n) is 4.82. The first-order chi connectivity index (χ1) is 14.0. The van der Waals surface area contributed by atoms with Crippen molar-refractivity contribution in [2.45, 2.75) is 26.9 Å². The summed E-state index contributed by atoms with van der Waals surface area (Å²) in [5, 5.41) is 4.86. The van der Waals surface area contributed by atoms with E-state index in [1.165, 1.54) is 5.56 Å². The van der Waals surface area contributed by atoms with E-state index in [-0.39, 0.29) is 5.56 Å². The van der Waals surface area contributed by atoms with Gasteiger partial charge in [0.25, 0.3) is 5.56 Å². The molecule has 6 heteroatoms. The summed E-state index contributed by atoms with van der Waals surface area (Å²) in [4.78, 5) is 17.8. The lowest BCUT2D eigenvalue weighted by molar-refractivity contribution is 0.202. The molecule has 0 spiro atoms. The topological polar surface area (TPSA) is 57.4 Å². The third kappa shape index (κ3) is 5.43. The van der Waals surface area contributed by atoms with Crippen LogP contribution in [0.15, 0.2) is 53.3 Å². The molecule has 0 radical (unpaired) electrons. The minimum absolute atomic E-state index is 0.0813. The molecule has 0 saturated heterocycles. The van der Waals surface area contributed by atoms with E-state index >= 15 is 0 Å². The second-order valence-electron chi connectivity index (χ2n) is 7.24. The maximum absolute atomic E-state index is 12.8. The van der Waals surface area contributed by atoms with E-state index in [1.807, 2.05) is 36.1 Å². The van der Waals surface area contributed by atoms with Crippen molar-refractivity contribution < 1.29 is 4.74 Å². The number of rotatable bonds is 7. The molecule has 0 aliphatic carbocycles. The number of H-pyrrole nitrogens is 1. The number of fused-ring (bicyclic) bond motifs is 1. The summed E-state index contributed by atoms with van der Waals surface area (Å²) in [5.74, 6) is 0. The molecule has 3 aromatic rings. The molecule has 152 valence electrons. The zero-order valence-corrected chi connectivity index (χ0v) is 17.9. The number of ether oxygens (including phenoxy) is 1. The van der Waals surface area contributed by atoms with Crippen LogP contribution in [0.2, 0.25) is 0 Å². The number of aryl methyl sites for hydroxylation is 2. The van der Waals surface area contributed by atoms with E-state index < -0.39 is 0 Å². The summed E-state index contributed by atoms with van der Waals surface area (Å²) >= 11 is 5.61. The van der Waals surface area contributed by atoms with Crippen molar-refractivity contribution in [3.8, 4) is 0 Å². The van der Waals surface area contributed by atoms with Crippen LogP contribution in [-0.4, -0.2) is 35.3 Å². The normalized spacial score (nSPS) is 10.9. The quantitative estimate of drug-likeness (QED) is 0.461. The third-order valence-corrected chi connectivity index (χ3v) is 5.22. The van der Waals surface area contributed by atoms with Gasteiger partial charge < -0.3 is 19.9 Å². The van der Waals surface area contributed by atoms with E-state index in [2.05, 4.69) is 41.5 Å². The Bertz CT molecular complexity index is 1050. The lowest BCUT2D eigenvalue weighted by atomic mass is 10.1. The summed E-state index contributed by atoms with van der Waals surface area (Å²) < 4.78 is 5.10. The zero-order valence-electron chi connectivity index (χ0n) is 17.1. The van der Waals surface area contributed by atoms with Gasteiger partial charge in [0, 0.05) is 25.8 Å². The molecule has 0 fully saturated rings. The Hall–Kier alpha value is -2.70. The lowest BCUT2D eigenvalue weighted by Crippen LogP contribution is -2.41. The number of aromatic nitrogens is 1. The number of thiocarbonyl (C=S) groups is 1. The largest absolute Gasteiger partial charge is 0.383 e. The van der Waals surface area contributed by atoms with E-state index in [1.54, 1.807) is 7.11 Å². The molecule has 0 atom stereocenters. The van der Waals surface area contributed by atoms with Gasteiger partial charge in [-0.3, -0.25) is 4.79 Å². The van der Waals surface area contributed by atoms with Gasteiger partial charge in [-0.15, -0.1) is 0 Å². The van der Waals surface area contributed by atoms with Crippen LogP contribution in [0.3, 0.4) is 0 Å². The lowest BCUT2D eigenvalue weighted by Gasteiger charge is -2.26. The first-order valence-electron chi connectivity index (χ1n) is 9.66.